The zero-order chi connectivity index (χ0) is 14.9. The van der Waals surface area contributed by atoms with Gasteiger partial charge in [0.2, 0.25) is 0 Å². The first-order valence-electron chi connectivity index (χ1n) is 7.66. The third-order valence-electron chi connectivity index (χ3n) is 5.03. The maximum Gasteiger partial charge on any atom is 0.123 e. The molecule has 0 spiro atoms. The van der Waals surface area contributed by atoms with Gasteiger partial charge in [0.15, 0.2) is 0 Å². The molecule has 0 heterocycles. The van der Waals surface area contributed by atoms with Crippen molar-refractivity contribution in [2.24, 2.45) is 11.1 Å². The van der Waals surface area contributed by atoms with E-state index in [0.717, 1.165) is 29.5 Å². The SMILES string of the molecule is CCC1(CC)C(N)CC1Oc1ccc(Br)cc1C(C)C. The highest BCUT2D eigenvalue weighted by Crippen LogP contribution is 2.48. The smallest absolute Gasteiger partial charge is 0.123 e. The second kappa shape index (κ2) is 6.07. The van der Waals surface area contributed by atoms with Crippen LogP contribution in [0.5, 0.6) is 5.75 Å². The molecular weight excluding hydrogens is 314 g/mol. The Morgan fingerprint density at radius 3 is 2.50 bits per heavy atom. The molecule has 3 heteroatoms. The van der Waals surface area contributed by atoms with E-state index in [0.29, 0.717) is 5.92 Å². The molecule has 0 bridgehead atoms. The fourth-order valence-electron chi connectivity index (χ4n) is 3.40. The van der Waals surface area contributed by atoms with E-state index in [4.69, 9.17) is 10.5 Å². The van der Waals surface area contributed by atoms with Gasteiger partial charge in [-0.3, -0.25) is 0 Å². The van der Waals surface area contributed by atoms with E-state index in [9.17, 15) is 0 Å². The molecule has 20 heavy (non-hydrogen) atoms. The quantitative estimate of drug-likeness (QED) is 0.831. The Morgan fingerprint density at radius 2 is 2.00 bits per heavy atom. The molecule has 112 valence electrons. The molecule has 2 unspecified atom stereocenters. The highest BCUT2D eigenvalue weighted by Gasteiger charge is 2.52. The Bertz CT molecular complexity index is 468. The van der Waals surface area contributed by atoms with Gasteiger partial charge in [-0.15, -0.1) is 0 Å². The van der Waals surface area contributed by atoms with E-state index in [1.165, 1.54) is 5.56 Å². The predicted octanol–water partition coefficient (Wildman–Crippen LogP) is 4.86. The molecule has 1 aromatic rings. The topological polar surface area (TPSA) is 35.2 Å². The molecule has 2 atom stereocenters. The second-order valence-electron chi connectivity index (χ2n) is 6.23. The summed E-state index contributed by atoms with van der Waals surface area (Å²) in [5.74, 6) is 1.47. The van der Waals surface area contributed by atoms with Gasteiger partial charge in [-0.1, -0.05) is 43.6 Å². The number of nitrogens with two attached hydrogens (primary N) is 1. The van der Waals surface area contributed by atoms with Crippen LogP contribution in [0.4, 0.5) is 0 Å². The average molecular weight is 340 g/mol. The minimum absolute atomic E-state index is 0.154. The number of hydrogen-bond acceptors (Lipinski definition) is 2. The average Bonchev–Trinajstić information content (AvgIpc) is 2.41. The lowest BCUT2D eigenvalue weighted by atomic mass is 9.59. The van der Waals surface area contributed by atoms with Crippen LogP contribution >= 0.6 is 15.9 Å². The number of ether oxygens (including phenoxy) is 1. The summed E-state index contributed by atoms with van der Waals surface area (Å²) in [5.41, 5.74) is 7.68. The minimum Gasteiger partial charge on any atom is -0.489 e. The summed E-state index contributed by atoms with van der Waals surface area (Å²) >= 11 is 3.55. The lowest BCUT2D eigenvalue weighted by Gasteiger charge is -2.53. The standard InChI is InChI=1S/C17H26BrNO/c1-5-17(6-2)15(19)10-16(17)20-14-8-7-12(18)9-13(14)11(3)4/h7-9,11,15-16H,5-6,10,19H2,1-4H3. The van der Waals surface area contributed by atoms with Crippen LogP contribution in [0.2, 0.25) is 0 Å². The van der Waals surface area contributed by atoms with E-state index in [1.807, 2.05) is 0 Å². The lowest BCUT2D eigenvalue weighted by molar-refractivity contribution is -0.0727. The van der Waals surface area contributed by atoms with Gasteiger partial charge < -0.3 is 10.5 Å². The first-order valence-corrected chi connectivity index (χ1v) is 8.45. The van der Waals surface area contributed by atoms with E-state index < -0.39 is 0 Å². The van der Waals surface area contributed by atoms with Gasteiger partial charge in [-0.25, -0.2) is 0 Å². The summed E-state index contributed by atoms with van der Waals surface area (Å²) in [6, 6.07) is 6.58. The van der Waals surface area contributed by atoms with Crippen molar-refractivity contribution in [1.82, 2.24) is 0 Å². The molecule has 2 N–H and O–H groups in total. The van der Waals surface area contributed by atoms with E-state index in [2.05, 4.69) is 61.8 Å². The summed E-state index contributed by atoms with van der Waals surface area (Å²) in [7, 11) is 0. The molecule has 0 aliphatic heterocycles. The fraction of sp³-hybridized carbons (Fsp3) is 0.647. The third kappa shape index (κ3) is 2.62. The molecule has 2 nitrogen and oxygen atoms in total. The summed E-state index contributed by atoms with van der Waals surface area (Å²) in [6.45, 7) is 8.86. The van der Waals surface area contributed by atoms with Crippen molar-refractivity contribution in [2.45, 2.75) is 65.0 Å². The first kappa shape index (κ1) is 15.8. The molecule has 1 aliphatic rings. The molecule has 0 saturated heterocycles. The van der Waals surface area contributed by atoms with Crippen LogP contribution in [-0.2, 0) is 0 Å². The van der Waals surface area contributed by atoms with Crippen LogP contribution in [0.25, 0.3) is 0 Å². The molecule has 2 rings (SSSR count). The fourth-order valence-corrected chi connectivity index (χ4v) is 3.78. The zero-order valence-corrected chi connectivity index (χ0v) is 14.5. The molecule has 0 radical (unpaired) electrons. The number of hydrogen-bond donors (Lipinski definition) is 1. The van der Waals surface area contributed by atoms with Crippen molar-refractivity contribution in [3.05, 3.63) is 28.2 Å². The van der Waals surface area contributed by atoms with Crippen LogP contribution in [0.3, 0.4) is 0 Å². The number of halogens is 1. The molecule has 0 aromatic heterocycles. The Balaban J connectivity index is 2.23. The lowest BCUT2D eigenvalue weighted by Crippen LogP contribution is -2.63. The van der Waals surface area contributed by atoms with Gasteiger partial charge in [0.05, 0.1) is 0 Å². The number of rotatable bonds is 5. The van der Waals surface area contributed by atoms with E-state index >= 15 is 0 Å². The highest BCUT2D eigenvalue weighted by molar-refractivity contribution is 9.10. The summed E-state index contributed by atoms with van der Waals surface area (Å²) in [6.07, 6.45) is 3.40. The van der Waals surface area contributed by atoms with Crippen LogP contribution in [-0.4, -0.2) is 12.1 Å². The molecule has 1 aliphatic carbocycles. The van der Waals surface area contributed by atoms with Gasteiger partial charge in [0, 0.05) is 22.4 Å². The van der Waals surface area contributed by atoms with Gasteiger partial charge in [0.1, 0.15) is 11.9 Å². The Labute approximate surface area is 131 Å². The maximum absolute atomic E-state index is 6.37. The van der Waals surface area contributed by atoms with Crippen molar-refractivity contribution < 1.29 is 4.74 Å². The van der Waals surface area contributed by atoms with Crippen molar-refractivity contribution in [1.29, 1.82) is 0 Å². The van der Waals surface area contributed by atoms with E-state index in [1.54, 1.807) is 0 Å². The van der Waals surface area contributed by atoms with Crippen molar-refractivity contribution in [2.75, 3.05) is 0 Å². The first-order chi connectivity index (χ1) is 9.44. The van der Waals surface area contributed by atoms with Gasteiger partial charge >= 0.3 is 0 Å². The molecular formula is C17H26BrNO. The second-order valence-corrected chi connectivity index (χ2v) is 7.14. The molecule has 1 fully saturated rings. The summed E-state index contributed by atoms with van der Waals surface area (Å²) < 4.78 is 7.47. The predicted molar refractivity (Wildman–Crippen MR) is 88.3 cm³/mol. The van der Waals surface area contributed by atoms with E-state index in [-0.39, 0.29) is 17.6 Å². The minimum atomic E-state index is 0.154. The summed E-state index contributed by atoms with van der Waals surface area (Å²) in [5, 5.41) is 0. The van der Waals surface area contributed by atoms with Crippen LogP contribution < -0.4 is 10.5 Å². The van der Waals surface area contributed by atoms with Crippen molar-refractivity contribution in [3.63, 3.8) is 0 Å². The Hall–Kier alpha value is -0.540. The van der Waals surface area contributed by atoms with Gasteiger partial charge in [0.25, 0.3) is 0 Å². The highest BCUT2D eigenvalue weighted by atomic mass is 79.9. The third-order valence-corrected chi connectivity index (χ3v) is 5.52. The maximum atomic E-state index is 6.37. The normalized spacial score (nSPS) is 24.6. The largest absolute Gasteiger partial charge is 0.489 e. The molecule has 1 saturated carbocycles. The van der Waals surface area contributed by atoms with Crippen LogP contribution in [0.15, 0.2) is 22.7 Å². The van der Waals surface area contributed by atoms with Gasteiger partial charge in [-0.2, -0.15) is 0 Å². The van der Waals surface area contributed by atoms with Crippen LogP contribution in [0, 0.1) is 5.41 Å². The Morgan fingerprint density at radius 1 is 1.35 bits per heavy atom. The van der Waals surface area contributed by atoms with Crippen molar-refractivity contribution >= 4 is 15.9 Å². The number of benzene rings is 1. The van der Waals surface area contributed by atoms with Gasteiger partial charge in [-0.05, 0) is 42.5 Å². The monoisotopic (exact) mass is 339 g/mol. The Kier molecular flexibility index (Phi) is 4.80. The van der Waals surface area contributed by atoms with Crippen molar-refractivity contribution in [3.8, 4) is 5.75 Å². The molecule has 1 aromatic carbocycles. The molecule has 0 amide bonds. The summed E-state index contributed by atoms with van der Waals surface area (Å²) in [4.78, 5) is 0. The van der Waals surface area contributed by atoms with Crippen LogP contribution in [0.1, 0.15) is 58.4 Å². The zero-order valence-electron chi connectivity index (χ0n) is 12.9.